The van der Waals surface area contributed by atoms with Gasteiger partial charge in [-0.25, -0.2) is 0 Å². The first-order valence-electron chi connectivity index (χ1n) is 4.30. The molecule has 0 spiro atoms. The molecular weight excluding hydrogens is 178 g/mol. The van der Waals surface area contributed by atoms with E-state index in [0.717, 1.165) is 0 Å². The maximum Gasteiger partial charge on any atom is 0.253 e. The fourth-order valence-corrected chi connectivity index (χ4v) is 1.10. The summed E-state index contributed by atoms with van der Waals surface area (Å²) in [5, 5.41) is 9.04. The number of hydrogen-bond donors (Lipinski definition) is 1. The number of benzene rings is 1. The highest BCUT2D eigenvalue weighted by molar-refractivity contribution is 5.94. The SMILES string of the molecule is C=CCN(C)C(=O)c1ccc(O)cc1. The third kappa shape index (κ3) is 2.36. The van der Waals surface area contributed by atoms with Gasteiger partial charge >= 0.3 is 0 Å². The first kappa shape index (κ1) is 10.3. The predicted molar refractivity (Wildman–Crippen MR) is 55.3 cm³/mol. The average Bonchev–Trinajstić information content (AvgIpc) is 2.18. The zero-order valence-corrected chi connectivity index (χ0v) is 8.10. The van der Waals surface area contributed by atoms with Gasteiger partial charge < -0.3 is 10.0 Å². The summed E-state index contributed by atoms with van der Waals surface area (Å²) in [5.41, 5.74) is 0.562. The number of hydrogen-bond acceptors (Lipinski definition) is 2. The molecule has 3 nitrogen and oxygen atoms in total. The van der Waals surface area contributed by atoms with E-state index in [0.29, 0.717) is 12.1 Å². The van der Waals surface area contributed by atoms with Gasteiger partial charge in [0, 0.05) is 19.2 Å². The molecule has 0 heterocycles. The standard InChI is InChI=1S/C11H13NO2/c1-3-8-12(2)11(14)9-4-6-10(13)7-5-9/h3-7,13H,1,8H2,2H3. The Labute approximate surface area is 83.3 Å². The van der Waals surface area contributed by atoms with E-state index < -0.39 is 0 Å². The molecule has 1 amide bonds. The van der Waals surface area contributed by atoms with Gasteiger partial charge in [-0.05, 0) is 24.3 Å². The van der Waals surface area contributed by atoms with E-state index in [4.69, 9.17) is 5.11 Å². The van der Waals surface area contributed by atoms with Gasteiger partial charge in [-0.3, -0.25) is 4.79 Å². The minimum atomic E-state index is -0.0788. The van der Waals surface area contributed by atoms with Crippen molar-refractivity contribution in [3.63, 3.8) is 0 Å². The first-order valence-corrected chi connectivity index (χ1v) is 4.30. The lowest BCUT2D eigenvalue weighted by atomic mass is 10.2. The van der Waals surface area contributed by atoms with Gasteiger partial charge in [0.1, 0.15) is 5.75 Å². The lowest BCUT2D eigenvalue weighted by Crippen LogP contribution is -2.26. The third-order valence-electron chi connectivity index (χ3n) is 1.86. The molecule has 14 heavy (non-hydrogen) atoms. The molecule has 0 fully saturated rings. The van der Waals surface area contributed by atoms with Gasteiger partial charge in [-0.15, -0.1) is 6.58 Å². The quantitative estimate of drug-likeness (QED) is 0.738. The van der Waals surface area contributed by atoms with Crippen molar-refractivity contribution in [3.05, 3.63) is 42.5 Å². The van der Waals surface area contributed by atoms with Crippen molar-refractivity contribution in [1.29, 1.82) is 0 Å². The Hall–Kier alpha value is -1.77. The normalized spacial score (nSPS) is 9.50. The van der Waals surface area contributed by atoms with Crippen molar-refractivity contribution in [2.75, 3.05) is 13.6 Å². The van der Waals surface area contributed by atoms with Crippen LogP contribution in [0.4, 0.5) is 0 Å². The van der Waals surface area contributed by atoms with Crippen LogP contribution in [-0.2, 0) is 0 Å². The van der Waals surface area contributed by atoms with Crippen LogP contribution in [0.15, 0.2) is 36.9 Å². The molecule has 1 N–H and O–H groups in total. The number of nitrogens with zero attached hydrogens (tertiary/aromatic N) is 1. The minimum Gasteiger partial charge on any atom is -0.508 e. The molecule has 74 valence electrons. The molecule has 0 saturated carbocycles. The molecule has 0 aliphatic carbocycles. The number of aromatic hydroxyl groups is 1. The number of phenols is 1. The van der Waals surface area contributed by atoms with E-state index in [9.17, 15) is 4.79 Å². The van der Waals surface area contributed by atoms with Gasteiger partial charge in [-0.2, -0.15) is 0 Å². The summed E-state index contributed by atoms with van der Waals surface area (Å²) < 4.78 is 0. The molecule has 3 heteroatoms. The Morgan fingerprint density at radius 1 is 1.50 bits per heavy atom. The van der Waals surface area contributed by atoms with Gasteiger partial charge in [0.25, 0.3) is 5.91 Å². The number of likely N-dealkylation sites (N-methyl/N-ethyl adjacent to an activating group) is 1. The van der Waals surface area contributed by atoms with Crippen molar-refractivity contribution in [1.82, 2.24) is 4.90 Å². The van der Waals surface area contributed by atoms with Crippen molar-refractivity contribution >= 4 is 5.91 Å². The van der Waals surface area contributed by atoms with Crippen LogP contribution in [0.25, 0.3) is 0 Å². The van der Waals surface area contributed by atoms with Crippen molar-refractivity contribution in [2.24, 2.45) is 0 Å². The molecule has 0 aromatic heterocycles. The van der Waals surface area contributed by atoms with E-state index in [-0.39, 0.29) is 11.7 Å². The highest BCUT2D eigenvalue weighted by Gasteiger charge is 2.09. The Balaban J connectivity index is 2.78. The maximum atomic E-state index is 11.6. The summed E-state index contributed by atoms with van der Waals surface area (Å²) in [6.07, 6.45) is 1.66. The van der Waals surface area contributed by atoms with Crippen LogP contribution >= 0.6 is 0 Å². The van der Waals surface area contributed by atoms with Gasteiger partial charge in [0.15, 0.2) is 0 Å². The van der Waals surface area contributed by atoms with E-state index >= 15 is 0 Å². The smallest absolute Gasteiger partial charge is 0.253 e. The second-order valence-electron chi connectivity index (χ2n) is 3.02. The molecule has 0 unspecified atom stereocenters. The molecule has 0 atom stereocenters. The van der Waals surface area contributed by atoms with Crippen LogP contribution in [0.2, 0.25) is 0 Å². The number of phenolic OH excluding ortho intramolecular Hbond substituents is 1. The molecule has 0 aliphatic rings. The predicted octanol–water partition coefficient (Wildman–Crippen LogP) is 1.65. The second-order valence-corrected chi connectivity index (χ2v) is 3.02. The van der Waals surface area contributed by atoms with E-state index in [1.165, 1.54) is 12.1 Å². The van der Waals surface area contributed by atoms with Crippen LogP contribution in [-0.4, -0.2) is 29.5 Å². The zero-order valence-electron chi connectivity index (χ0n) is 8.10. The topological polar surface area (TPSA) is 40.5 Å². The molecule has 1 rings (SSSR count). The van der Waals surface area contributed by atoms with Crippen LogP contribution < -0.4 is 0 Å². The highest BCUT2D eigenvalue weighted by Crippen LogP contribution is 2.10. The Bertz CT molecular complexity index is 330. The fourth-order valence-electron chi connectivity index (χ4n) is 1.10. The van der Waals surface area contributed by atoms with E-state index in [1.807, 2.05) is 0 Å². The molecule has 0 radical (unpaired) electrons. The van der Waals surface area contributed by atoms with Gasteiger partial charge in [0.2, 0.25) is 0 Å². The van der Waals surface area contributed by atoms with Crippen molar-refractivity contribution in [2.45, 2.75) is 0 Å². The Morgan fingerprint density at radius 2 is 2.07 bits per heavy atom. The molecule has 1 aromatic carbocycles. The first-order chi connectivity index (χ1) is 6.65. The summed E-state index contributed by atoms with van der Waals surface area (Å²) in [5.74, 6) is 0.0813. The lowest BCUT2D eigenvalue weighted by Gasteiger charge is -2.14. The average molecular weight is 191 g/mol. The summed E-state index contributed by atoms with van der Waals surface area (Å²) in [4.78, 5) is 13.2. The van der Waals surface area contributed by atoms with Crippen LogP contribution in [0.1, 0.15) is 10.4 Å². The van der Waals surface area contributed by atoms with E-state index in [1.54, 1.807) is 30.2 Å². The molecule has 0 saturated heterocycles. The number of carbonyl (C=O) groups excluding carboxylic acids is 1. The van der Waals surface area contributed by atoms with Crippen molar-refractivity contribution in [3.8, 4) is 5.75 Å². The summed E-state index contributed by atoms with van der Waals surface area (Å²) in [6.45, 7) is 4.07. The van der Waals surface area contributed by atoms with Crippen LogP contribution in [0, 0.1) is 0 Å². The minimum absolute atomic E-state index is 0.0788. The molecule has 0 aliphatic heterocycles. The fraction of sp³-hybridized carbons (Fsp3) is 0.182. The number of amides is 1. The maximum absolute atomic E-state index is 11.6. The third-order valence-corrected chi connectivity index (χ3v) is 1.86. The highest BCUT2D eigenvalue weighted by atomic mass is 16.3. The van der Waals surface area contributed by atoms with E-state index in [2.05, 4.69) is 6.58 Å². The lowest BCUT2D eigenvalue weighted by molar-refractivity contribution is 0.0810. The van der Waals surface area contributed by atoms with Crippen molar-refractivity contribution < 1.29 is 9.90 Å². The number of rotatable bonds is 3. The summed E-state index contributed by atoms with van der Waals surface area (Å²) in [6, 6.07) is 6.18. The molecule has 1 aromatic rings. The molecule has 0 bridgehead atoms. The van der Waals surface area contributed by atoms with Crippen LogP contribution in [0.3, 0.4) is 0 Å². The zero-order chi connectivity index (χ0) is 10.6. The second kappa shape index (κ2) is 4.46. The molecular formula is C11H13NO2. The van der Waals surface area contributed by atoms with Gasteiger partial charge in [0.05, 0.1) is 0 Å². The van der Waals surface area contributed by atoms with Gasteiger partial charge in [-0.1, -0.05) is 6.08 Å². The monoisotopic (exact) mass is 191 g/mol. The Kier molecular flexibility index (Phi) is 3.29. The summed E-state index contributed by atoms with van der Waals surface area (Å²) in [7, 11) is 1.71. The summed E-state index contributed by atoms with van der Waals surface area (Å²) >= 11 is 0. The Morgan fingerprint density at radius 3 is 2.57 bits per heavy atom. The van der Waals surface area contributed by atoms with Crippen LogP contribution in [0.5, 0.6) is 5.75 Å². The number of carbonyl (C=O) groups is 1. The largest absolute Gasteiger partial charge is 0.508 e.